The molecule has 0 aromatic heterocycles. The first-order valence-corrected chi connectivity index (χ1v) is 15.9. The number of unbranched alkanes of at least 4 members (excludes halogenated alkanes) is 6. The molecule has 0 saturated carbocycles. The summed E-state index contributed by atoms with van der Waals surface area (Å²) in [5, 5.41) is 24.7. The molecule has 0 saturated heterocycles. The largest absolute Gasteiger partial charge is 0.478 e. The van der Waals surface area contributed by atoms with Crippen LogP contribution in [0.1, 0.15) is 131 Å². The molecular weight excluding hydrogens is 568 g/mol. The predicted octanol–water partition coefficient (Wildman–Crippen LogP) is 8.36. The molecule has 0 fully saturated rings. The molecule has 45 heavy (non-hydrogen) atoms. The average Bonchev–Trinajstić information content (AvgIpc) is 3.01. The summed E-state index contributed by atoms with van der Waals surface area (Å²) in [6.07, 6.45) is 10.4. The number of hydrogen-bond donors (Lipinski definition) is 4. The molecular formula is C37H40N2O6. The number of carbonyl (C=O) groups is 4. The molecule has 0 heterocycles. The standard InChI is InChI=1S/C37H40N2O6/c1-3-5-7-9-11-20(12-10-8-6-4-2)27-19-28(35(39)41)31-24(34(38)40)16-13-22-21-14-17-25(36(42)43)32-26(37(44)45)18-15-23(29(21)32)30(27)33(22)31/h13-20H,3-12H2,1-2H3,(H2,38,40)(H2,39,41)(H,42,43)(H,44,45). The van der Waals surface area contributed by atoms with E-state index < -0.39 is 23.8 Å². The van der Waals surface area contributed by atoms with Crippen LogP contribution < -0.4 is 11.5 Å². The van der Waals surface area contributed by atoms with Gasteiger partial charge in [0.2, 0.25) is 11.8 Å². The summed E-state index contributed by atoms with van der Waals surface area (Å²) in [5.74, 6) is -3.77. The molecule has 5 rings (SSSR count). The molecule has 0 spiro atoms. The Morgan fingerprint density at radius 2 is 1.02 bits per heavy atom. The molecule has 0 unspecified atom stereocenters. The minimum absolute atomic E-state index is 0.0553. The highest BCUT2D eigenvalue weighted by Gasteiger charge is 2.28. The Labute approximate surface area is 261 Å². The lowest BCUT2D eigenvalue weighted by Gasteiger charge is -2.25. The summed E-state index contributed by atoms with van der Waals surface area (Å²) in [5.41, 5.74) is 12.9. The molecule has 6 N–H and O–H groups in total. The number of carboxylic acid groups (broad SMARTS) is 2. The lowest BCUT2D eigenvalue weighted by atomic mass is 9.78. The van der Waals surface area contributed by atoms with Gasteiger partial charge in [0.15, 0.2) is 0 Å². The topological polar surface area (TPSA) is 161 Å². The lowest BCUT2D eigenvalue weighted by molar-refractivity contribution is 0.0695. The summed E-state index contributed by atoms with van der Waals surface area (Å²) in [6, 6.07) is 11.4. The first-order valence-electron chi connectivity index (χ1n) is 15.9. The number of primary amides is 2. The van der Waals surface area contributed by atoms with Crippen LogP contribution in [0, 0.1) is 0 Å². The highest BCUT2D eigenvalue weighted by Crippen LogP contribution is 2.48. The Hall–Kier alpha value is -4.72. The minimum atomic E-state index is -1.23. The summed E-state index contributed by atoms with van der Waals surface area (Å²) in [6.45, 7) is 4.34. The summed E-state index contributed by atoms with van der Waals surface area (Å²) in [4.78, 5) is 50.7. The van der Waals surface area contributed by atoms with Crippen LogP contribution in [0.5, 0.6) is 0 Å². The van der Waals surface area contributed by atoms with Crippen molar-refractivity contribution in [2.75, 3.05) is 0 Å². The van der Waals surface area contributed by atoms with Gasteiger partial charge in [0.05, 0.1) is 11.1 Å². The number of benzene rings is 5. The monoisotopic (exact) mass is 608 g/mol. The Bertz CT molecular complexity index is 1930. The zero-order valence-corrected chi connectivity index (χ0v) is 25.9. The molecule has 0 bridgehead atoms. The van der Waals surface area contributed by atoms with Gasteiger partial charge in [0.1, 0.15) is 0 Å². The van der Waals surface area contributed by atoms with Gasteiger partial charge in [-0.2, -0.15) is 0 Å². The number of carboxylic acids is 2. The lowest BCUT2D eigenvalue weighted by Crippen LogP contribution is -2.18. The third kappa shape index (κ3) is 5.65. The first-order chi connectivity index (χ1) is 21.6. The van der Waals surface area contributed by atoms with E-state index in [0.29, 0.717) is 32.3 Å². The summed E-state index contributed by atoms with van der Waals surface area (Å²) < 4.78 is 0. The van der Waals surface area contributed by atoms with Gasteiger partial charge in [-0.15, -0.1) is 0 Å². The molecule has 234 valence electrons. The van der Waals surface area contributed by atoms with Crippen molar-refractivity contribution in [3.05, 3.63) is 70.3 Å². The average molecular weight is 609 g/mol. The second-order valence-electron chi connectivity index (χ2n) is 12.1. The van der Waals surface area contributed by atoms with Gasteiger partial charge in [-0.1, -0.05) is 83.4 Å². The van der Waals surface area contributed by atoms with E-state index in [2.05, 4.69) is 13.8 Å². The quantitative estimate of drug-likeness (QED) is 0.0530. The Morgan fingerprint density at radius 3 is 1.51 bits per heavy atom. The van der Waals surface area contributed by atoms with Gasteiger partial charge in [-0.05, 0) is 80.9 Å². The molecule has 8 heteroatoms. The minimum Gasteiger partial charge on any atom is -0.478 e. The van der Waals surface area contributed by atoms with Crippen LogP contribution >= 0.6 is 0 Å². The van der Waals surface area contributed by atoms with Crippen LogP contribution in [0.3, 0.4) is 0 Å². The summed E-state index contributed by atoms with van der Waals surface area (Å²) >= 11 is 0. The number of aromatic carboxylic acids is 2. The van der Waals surface area contributed by atoms with Gasteiger partial charge in [0, 0.05) is 21.9 Å². The van der Waals surface area contributed by atoms with E-state index in [0.717, 1.165) is 75.2 Å². The molecule has 0 aliphatic heterocycles. The maximum absolute atomic E-state index is 13.1. The first kappa shape index (κ1) is 31.7. The van der Waals surface area contributed by atoms with Gasteiger partial charge in [0.25, 0.3) is 0 Å². The zero-order chi connectivity index (χ0) is 32.4. The number of amides is 2. The predicted molar refractivity (Wildman–Crippen MR) is 179 cm³/mol. The van der Waals surface area contributed by atoms with E-state index in [1.165, 1.54) is 12.1 Å². The van der Waals surface area contributed by atoms with Crippen molar-refractivity contribution in [2.45, 2.75) is 84.0 Å². The molecule has 0 radical (unpaired) electrons. The van der Waals surface area contributed by atoms with E-state index in [1.54, 1.807) is 24.3 Å². The normalized spacial score (nSPS) is 11.8. The Kier molecular flexibility index (Phi) is 9.23. The molecule has 0 aliphatic carbocycles. The SMILES string of the molecule is CCCCCCC(CCCCCC)c1cc(C(N)=O)c2c(C(N)=O)ccc3c4ccc(C(=O)O)c5c(C(=O)O)ccc(c1c23)c54. The number of carbonyl (C=O) groups excluding carboxylic acids is 2. The number of fused-ring (bicyclic) bond motifs is 2. The second-order valence-corrected chi connectivity index (χ2v) is 12.1. The maximum atomic E-state index is 13.1. The smallest absolute Gasteiger partial charge is 0.336 e. The van der Waals surface area contributed by atoms with Crippen LogP contribution in [-0.4, -0.2) is 34.0 Å². The number of rotatable bonds is 15. The molecule has 0 aliphatic rings. The maximum Gasteiger partial charge on any atom is 0.336 e. The van der Waals surface area contributed by atoms with E-state index >= 15 is 0 Å². The van der Waals surface area contributed by atoms with E-state index in [4.69, 9.17) is 11.5 Å². The molecule has 2 amide bonds. The Morgan fingerprint density at radius 1 is 0.556 bits per heavy atom. The fraction of sp³-hybridized carbons (Fsp3) is 0.351. The Balaban J connectivity index is 2.00. The molecule has 0 atom stereocenters. The zero-order valence-electron chi connectivity index (χ0n) is 25.9. The van der Waals surface area contributed by atoms with Gasteiger partial charge in [-0.25, -0.2) is 9.59 Å². The van der Waals surface area contributed by atoms with Crippen molar-refractivity contribution >= 4 is 66.8 Å². The number of hydrogen-bond acceptors (Lipinski definition) is 4. The highest BCUT2D eigenvalue weighted by atomic mass is 16.4. The molecule has 5 aromatic carbocycles. The third-order valence-electron chi connectivity index (χ3n) is 9.28. The highest BCUT2D eigenvalue weighted by molar-refractivity contribution is 6.38. The van der Waals surface area contributed by atoms with Crippen LogP contribution in [0.2, 0.25) is 0 Å². The van der Waals surface area contributed by atoms with Crippen LogP contribution in [0.25, 0.3) is 43.1 Å². The van der Waals surface area contributed by atoms with Crippen molar-refractivity contribution in [3.63, 3.8) is 0 Å². The van der Waals surface area contributed by atoms with Crippen molar-refractivity contribution in [1.82, 2.24) is 0 Å². The van der Waals surface area contributed by atoms with Crippen molar-refractivity contribution < 1.29 is 29.4 Å². The van der Waals surface area contributed by atoms with Gasteiger partial charge < -0.3 is 21.7 Å². The van der Waals surface area contributed by atoms with Gasteiger partial charge >= 0.3 is 11.9 Å². The van der Waals surface area contributed by atoms with Crippen LogP contribution in [0.15, 0.2) is 42.5 Å². The van der Waals surface area contributed by atoms with Crippen molar-refractivity contribution in [3.8, 4) is 0 Å². The fourth-order valence-electron chi connectivity index (χ4n) is 7.20. The second kappa shape index (κ2) is 13.1. The fourth-order valence-corrected chi connectivity index (χ4v) is 7.20. The van der Waals surface area contributed by atoms with E-state index in [-0.39, 0.29) is 33.6 Å². The van der Waals surface area contributed by atoms with Crippen LogP contribution in [-0.2, 0) is 0 Å². The van der Waals surface area contributed by atoms with E-state index in [1.807, 2.05) is 6.07 Å². The molecule has 8 nitrogen and oxygen atoms in total. The summed E-state index contributed by atoms with van der Waals surface area (Å²) in [7, 11) is 0. The van der Waals surface area contributed by atoms with Gasteiger partial charge in [-0.3, -0.25) is 9.59 Å². The van der Waals surface area contributed by atoms with Crippen molar-refractivity contribution in [2.24, 2.45) is 11.5 Å². The number of nitrogens with two attached hydrogens (primary N) is 2. The third-order valence-corrected chi connectivity index (χ3v) is 9.28. The van der Waals surface area contributed by atoms with Crippen molar-refractivity contribution in [1.29, 1.82) is 0 Å². The van der Waals surface area contributed by atoms with Crippen LogP contribution in [0.4, 0.5) is 0 Å². The molecule has 5 aromatic rings. The van der Waals surface area contributed by atoms with E-state index in [9.17, 15) is 29.4 Å².